The van der Waals surface area contributed by atoms with Crippen LogP contribution in [-0.4, -0.2) is 46.1 Å². The zero-order valence-corrected chi connectivity index (χ0v) is 15.6. The van der Waals surface area contributed by atoms with Crippen molar-refractivity contribution in [3.8, 4) is 0 Å². The van der Waals surface area contributed by atoms with Crippen molar-refractivity contribution in [1.29, 1.82) is 0 Å². The lowest BCUT2D eigenvalue weighted by atomic mass is 9.76. The third kappa shape index (κ3) is 3.82. The number of nitrogens with one attached hydrogen (secondary N) is 1. The molecule has 2 N–H and O–H groups in total. The molecule has 4 rings (SSSR count). The fourth-order valence-electron chi connectivity index (χ4n) is 4.00. The summed E-state index contributed by atoms with van der Waals surface area (Å²) in [6.45, 7) is 1.55. The van der Waals surface area contributed by atoms with Gasteiger partial charge in [0, 0.05) is 42.4 Å². The van der Waals surface area contributed by atoms with Crippen LogP contribution in [0.5, 0.6) is 0 Å². The lowest BCUT2D eigenvalue weighted by Crippen LogP contribution is -2.48. The van der Waals surface area contributed by atoms with E-state index in [1.807, 2.05) is 11.0 Å². The molecule has 2 aromatic rings. The highest BCUT2D eigenvalue weighted by Gasteiger charge is 2.36. The minimum Gasteiger partial charge on any atom is -0.393 e. The number of amides is 1. The molecule has 0 bridgehead atoms. The number of thiophene rings is 1. The van der Waals surface area contributed by atoms with Crippen molar-refractivity contribution in [1.82, 2.24) is 15.2 Å². The molecule has 0 radical (unpaired) electrons. The van der Waals surface area contributed by atoms with Crippen LogP contribution in [-0.2, 0) is 0 Å². The molecule has 1 aliphatic heterocycles. The van der Waals surface area contributed by atoms with Gasteiger partial charge in [-0.1, -0.05) is 6.07 Å². The number of piperidine rings is 1. The number of carbonyl (C=O) groups is 1. The predicted octanol–water partition coefficient (Wildman–Crippen LogP) is 2.85. The van der Waals surface area contributed by atoms with E-state index < -0.39 is 0 Å². The van der Waals surface area contributed by atoms with Crippen LogP contribution >= 0.6 is 11.3 Å². The van der Waals surface area contributed by atoms with Gasteiger partial charge in [-0.15, -0.1) is 11.3 Å². The summed E-state index contributed by atoms with van der Waals surface area (Å²) in [7, 11) is 0. The Bertz CT molecular complexity index is 708. The van der Waals surface area contributed by atoms with E-state index in [1.54, 1.807) is 29.8 Å². The number of hydrogen-bond acceptors (Lipinski definition) is 5. The van der Waals surface area contributed by atoms with E-state index in [9.17, 15) is 9.90 Å². The molecule has 1 atom stereocenters. The van der Waals surface area contributed by atoms with Gasteiger partial charge in [0.05, 0.1) is 11.7 Å². The fourth-order valence-corrected chi connectivity index (χ4v) is 4.87. The van der Waals surface area contributed by atoms with Gasteiger partial charge in [0.25, 0.3) is 5.91 Å². The molecule has 6 heteroatoms. The number of aromatic nitrogens is 1. The van der Waals surface area contributed by atoms with Crippen LogP contribution in [0, 0.1) is 5.92 Å². The summed E-state index contributed by atoms with van der Waals surface area (Å²) in [5, 5.41) is 15.6. The second kappa shape index (κ2) is 7.86. The molecule has 26 heavy (non-hydrogen) atoms. The largest absolute Gasteiger partial charge is 0.393 e. The Labute approximate surface area is 158 Å². The Hall–Kier alpha value is -1.76. The van der Waals surface area contributed by atoms with E-state index in [0.29, 0.717) is 23.6 Å². The predicted molar refractivity (Wildman–Crippen MR) is 102 cm³/mol. The molecule has 1 amide bonds. The summed E-state index contributed by atoms with van der Waals surface area (Å²) in [5.41, 5.74) is 0.666. The molecule has 1 aliphatic carbocycles. The van der Waals surface area contributed by atoms with Crippen molar-refractivity contribution < 1.29 is 9.90 Å². The maximum atomic E-state index is 12.6. The van der Waals surface area contributed by atoms with Crippen LogP contribution < -0.4 is 5.32 Å². The first-order chi connectivity index (χ1) is 12.7. The Morgan fingerprint density at radius 2 is 2.08 bits per heavy atom. The summed E-state index contributed by atoms with van der Waals surface area (Å²) in [4.78, 5) is 19.9. The Kier molecular flexibility index (Phi) is 5.33. The van der Waals surface area contributed by atoms with Gasteiger partial charge < -0.3 is 15.3 Å². The van der Waals surface area contributed by atoms with Crippen LogP contribution in [0.3, 0.4) is 0 Å². The lowest BCUT2D eigenvalue weighted by Gasteiger charge is -2.41. The highest BCUT2D eigenvalue weighted by Crippen LogP contribution is 2.40. The molecular formula is C20H25N3O2S. The van der Waals surface area contributed by atoms with Crippen LogP contribution in [0.1, 0.15) is 47.0 Å². The molecule has 5 nitrogen and oxygen atoms in total. The first kappa shape index (κ1) is 17.6. The van der Waals surface area contributed by atoms with Gasteiger partial charge >= 0.3 is 0 Å². The summed E-state index contributed by atoms with van der Waals surface area (Å²) in [6.07, 6.45) is 6.88. The van der Waals surface area contributed by atoms with Gasteiger partial charge in [-0.2, -0.15) is 0 Å². The zero-order chi connectivity index (χ0) is 17.9. The average Bonchev–Trinajstić information content (AvgIpc) is 3.19. The number of carbonyl (C=O) groups excluding carboxylic acids is 1. The standard InChI is InChI=1S/C20H25N3O2S/c24-17-11-15(12-17)19(18-4-2-10-26-18)22-16-5-8-23(9-6-16)20(25)14-3-1-7-21-13-14/h1-4,7,10,13,15-17,19,22,24H,5-6,8-9,11-12H2/t15?,17?,19-/m0/s1. The minimum atomic E-state index is -0.136. The first-order valence-corrected chi connectivity index (χ1v) is 10.3. The third-order valence-electron chi connectivity index (χ3n) is 5.58. The highest BCUT2D eigenvalue weighted by molar-refractivity contribution is 7.10. The van der Waals surface area contributed by atoms with Crippen molar-refractivity contribution in [3.63, 3.8) is 0 Å². The van der Waals surface area contributed by atoms with Gasteiger partial charge in [-0.25, -0.2) is 0 Å². The molecule has 2 aliphatic rings. The van der Waals surface area contributed by atoms with Crippen molar-refractivity contribution in [2.45, 2.75) is 43.9 Å². The topological polar surface area (TPSA) is 65.5 Å². The van der Waals surface area contributed by atoms with E-state index >= 15 is 0 Å². The number of aliphatic hydroxyl groups is 1. The van der Waals surface area contributed by atoms with Gasteiger partial charge in [-0.05, 0) is 55.2 Å². The molecule has 0 spiro atoms. The Morgan fingerprint density at radius 3 is 2.69 bits per heavy atom. The first-order valence-electron chi connectivity index (χ1n) is 9.37. The molecule has 0 unspecified atom stereocenters. The van der Waals surface area contributed by atoms with Crippen LogP contribution in [0.25, 0.3) is 0 Å². The van der Waals surface area contributed by atoms with Crippen LogP contribution in [0.4, 0.5) is 0 Å². The van der Waals surface area contributed by atoms with E-state index in [2.05, 4.69) is 27.8 Å². The summed E-state index contributed by atoms with van der Waals surface area (Å²) >= 11 is 1.79. The van der Waals surface area contributed by atoms with Crippen molar-refractivity contribution in [2.75, 3.05) is 13.1 Å². The molecular weight excluding hydrogens is 346 g/mol. The average molecular weight is 372 g/mol. The molecule has 2 aromatic heterocycles. The van der Waals surface area contributed by atoms with Crippen LogP contribution in [0.15, 0.2) is 42.0 Å². The second-order valence-corrected chi connectivity index (χ2v) is 8.33. The van der Waals surface area contributed by atoms with Crippen molar-refractivity contribution in [3.05, 3.63) is 52.5 Å². The SMILES string of the molecule is O=C(c1cccnc1)N1CCC(N[C@H](c2cccs2)C2CC(O)C2)CC1. The second-order valence-electron chi connectivity index (χ2n) is 7.35. The van der Waals surface area contributed by atoms with Gasteiger partial charge in [0.15, 0.2) is 0 Å². The maximum Gasteiger partial charge on any atom is 0.255 e. The van der Waals surface area contributed by atoms with E-state index in [-0.39, 0.29) is 12.0 Å². The normalized spacial score (nSPS) is 24.9. The number of hydrogen-bond donors (Lipinski definition) is 2. The highest BCUT2D eigenvalue weighted by atomic mass is 32.1. The van der Waals surface area contributed by atoms with E-state index in [4.69, 9.17) is 0 Å². The third-order valence-corrected chi connectivity index (χ3v) is 6.53. The minimum absolute atomic E-state index is 0.0773. The molecule has 1 saturated heterocycles. The number of likely N-dealkylation sites (tertiary alicyclic amines) is 1. The number of rotatable bonds is 5. The fraction of sp³-hybridized carbons (Fsp3) is 0.500. The summed E-state index contributed by atoms with van der Waals surface area (Å²) in [5.74, 6) is 0.590. The van der Waals surface area contributed by atoms with Crippen molar-refractivity contribution >= 4 is 17.2 Å². The molecule has 3 heterocycles. The van der Waals surface area contributed by atoms with Crippen molar-refractivity contribution in [2.24, 2.45) is 5.92 Å². The lowest BCUT2D eigenvalue weighted by molar-refractivity contribution is 0.0202. The van der Waals surface area contributed by atoms with Gasteiger partial charge in [0.2, 0.25) is 0 Å². The molecule has 2 fully saturated rings. The van der Waals surface area contributed by atoms with Gasteiger partial charge in [0.1, 0.15) is 0 Å². The maximum absolute atomic E-state index is 12.6. The quantitative estimate of drug-likeness (QED) is 0.848. The van der Waals surface area contributed by atoms with E-state index in [1.165, 1.54) is 4.88 Å². The Morgan fingerprint density at radius 1 is 1.27 bits per heavy atom. The summed E-state index contributed by atoms with van der Waals surface area (Å²) < 4.78 is 0. The zero-order valence-electron chi connectivity index (χ0n) is 14.8. The monoisotopic (exact) mass is 371 g/mol. The smallest absolute Gasteiger partial charge is 0.255 e. The summed E-state index contributed by atoms with van der Waals surface area (Å²) in [6, 6.07) is 8.66. The van der Waals surface area contributed by atoms with Crippen LogP contribution in [0.2, 0.25) is 0 Å². The number of pyridine rings is 1. The van der Waals surface area contributed by atoms with E-state index in [0.717, 1.165) is 38.8 Å². The number of nitrogens with zero attached hydrogens (tertiary/aromatic N) is 2. The Balaban J connectivity index is 1.34. The molecule has 138 valence electrons. The molecule has 0 aromatic carbocycles. The molecule has 1 saturated carbocycles. The van der Waals surface area contributed by atoms with Gasteiger partial charge in [-0.3, -0.25) is 9.78 Å². The number of aliphatic hydroxyl groups excluding tert-OH is 1.